The zero-order valence-corrected chi connectivity index (χ0v) is 10.1. The van der Waals surface area contributed by atoms with E-state index in [0.717, 1.165) is 8.97 Å². The fourth-order valence-electron chi connectivity index (χ4n) is 0. The summed E-state index contributed by atoms with van der Waals surface area (Å²) in [5.41, 5.74) is 0. The standard InChI is InChI=1S/2C4H12N.S/c2*1-5(2,3)4;/h2*1-4H3;/q2*+1;-2. The van der Waals surface area contributed by atoms with Gasteiger partial charge in [-0.2, -0.15) is 0 Å². The summed E-state index contributed by atoms with van der Waals surface area (Å²) in [5.74, 6) is 0. The molecule has 0 N–H and O–H groups in total. The van der Waals surface area contributed by atoms with Crippen molar-refractivity contribution < 1.29 is 8.97 Å². The first-order chi connectivity index (χ1) is 4.00. The van der Waals surface area contributed by atoms with Gasteiger partial charge in [0.1, 0.15) is 0 Å². The van der Waals surface area contributed by atoms with Crippen LogP contribution in [0.25, 0.3) is 0 Å². The Kier molecular flexibility index (Phi) is 9.26. The molecular weight excluding hydrogens is 156 g/mol. The van der Waals surface area contributed by atoms with Crippen LogP contribution in [0.5, 0.6) is 0 Å². The molecule has 0 aromatic heterocycles. The molecule has 0 atom stereocenters. The molecule has 0 aromatic rings. The molecule has 2 nitrogen and oxygen atoms in total. The molecule has 0 aliphatic heterocycles. The lowest BCUT2D eigenvalue weighted by molar-refractivity contribution is -0.849. The predicted octanol–water partition coefficient (Wildman–Crippen LogP) is 0.642. The van der Waals surface area contributed by atoms with Crippen LogP contribution < -0.4 is 0 Å². The van der Waals surface area contributed by atoms with Crippen LogP contribution in [0.15, 0.2) is 0 Å². The van der Waals surface area contributed by atoms with Crippen molar-refractivity contribution in [3.05, 3.63) is 0 Å². The van der Waals surface area contributed by atoms with E-state index in [1.165, 1.54) is 0 Å². The summed E-state index contributed by atoms with van der Waals surface area (Å²) in [6.07, 6.45) is 0. The summed E-state index contributed by atoms with van der Waals surface area (Å²) in [4.78, 5) is 0. The molecule has 11 heavy (non-hydrogen) atoms. The van der Waals surface area contributed by atoms with Crippen LogP contribution in [-0.4, -0.2) is 65.3 Å². The maximum Gasteiger partial charge on any atom is 0.0675 e. The van der Waals surface area contributed by atoms with Gasteiger partial charge < -0.3 is 22.5 Å². The average Bonchev–Trinajstić information content (AvgIpc) is 1.12. The van der Waals surface area contributed by atoms with Crippen molar-refractivity contribution in [2.24, 2.45) is 0 Å². The van der Waals surface area contributed by atoms with E-state index in [1.54, 1.807) is 0 Å². The highest BCUT2D eigenvalue weighted by molar-refractivity contribution is 7.37. The summed E-state index contributed by atoms with van der Waals surface area (Å²) in [6, 6.07) is 0. The van der Waals surface area contributed by atoms with Gasteiger partial charge in [-0.15, -0.1) is 0 Å². The quantitative estimate of drug-likeness (QED) is 0.480. The second kappa shape index (κ2) is 5.86. The Morgan fingerprint density at radius 3 is 0.455 bits per heavy atom. The van der Waals surface area contributed by atoms with Gasteiger partial charge in [-0.1, -0.05) is 0 Å². The number of quaternary nitrogens is 2. The third kappa shape index (κ3) is 9640. The van der Waals surface area contributed by atoms with E-state index < -0.39 is 0 Å². The van der Waals surface area contributed by atoms with Crippen LogP contribution in [0.2, 0.25) is 0 Å². The van der Waals surface area contributed by atoms with Crippen LogP contribution in [-0.2, 0) is 13.5 Å². The molecule has 0 bridgehead atoms. The normalized spacial score (nSPS) is 10.9. The first kappa shape index (κ1) is 17.4. The molecule has 3 heteroatoms. The Morgan fingerprint density at radius 2 is 0.455 bits per heavy atom. The molecule has 0 fully saturated rings. The first-order valence-electron chi connectivity index (χ1n) is 3.58. The number of nitrogens with zero attached hydrogens (tertiary/aromatic N) is 2. The molecule has 0 aliphatic rings. The molecule has 0 saturated heterocycles. The summed E-state index contributed by atoms with van der Waals surface area (Å²) in [7, 11) is 17.0. The van der Waals surface area contributed by atoms with Gasteiger partial charge in [-0.25, -0.2) is 0 Å². The van der Waals surface area contributed by atoms with E-state index in [2.05, 4.69) is 56.4 Å². The lowest BCUT2D eigenvalue weighted by atomic mass is 10.8. The Hall–Kier alpha value is 0.270. The Bertz CT molecular complexity index is 55.1. The van der Waals surface area contributed by atoms with Crippen molar-refractivity contribution in [3.63, 3.8) is 0 Å². The lowest BCUT2D eigenvalue weighted by Crippen LogP contribution is -2.27. The minimum absolute atomic E-state index is 0. The van der Waals surface area contributed by atoms with Crippen molar-refractivity contribution >= 4 is 13.5 Å². The van der Waals surface area contributed by atoms with Crippen LogP contribution >= 0.6 is 0 Å². The van der Waals surface area contributed by atoms with E-state index >= 15 is 0 Å². The molecule has 0 rings (SSSR count). The van der Waals surface area contributed by atoms with Crippen LogP contribution in [0, 0.1) is 0 Å². The van der Waals surface area contributed by atoms with Crippen molar-refractivity contribution in [2.75, 3.05) is 56.4 Å². The molecule has 0 radical (unpaired) electrons. The summed E-state index contributed by atoms with van der Waals surface area (Å²) in [5, 5.41) is 0. The first-order valence-corrected chi connectivity index (χ1v) is 3.58. The van der Waals surface area contributed by atoms with Crippen molar-refractivity contribution in [1.29, 1.82) is 0 Å². The van der Waals surface area contributed by atoms with Crippen LogP contribution in [0.1, 0.15) is 0 Å². The summed E-state index contributed by atoms with van der Waals surface area (Å²) < 4.78 is 2.00. The van der Waals surface area contributed by atoms with Crippen molar-refractivity contribution in [2.45, 2.75) is 0 Å². The SMILES string of the molecule is C[N+](C)(C)C.C[N+](C)(C)C.[S-2]. The lowest BCUT2D eigenvalue weighted by Gasteiger charge is -2.14. The molecular formula is C8H24N2S. The van der Waals surface area contributed by atoms with Gasteiger partial charge in [0, 0.05) is 0 Å². The molecule has 0 spiro atoms. The van der Waals surface area contributed by atoms with E-state index in [0.29, 0.717) is 0 Å². The van der Waals surface area contributed by atoms with Gasteiger partial charge in [0.15, 0.2) is 0 Å². The van der Waals surface area contributed by atoms with Gasteiger partial charge in [0.25, 0.3) is 0 Å². The predicted molar refractivity (Wildman–Crippen MR) is 55.3 cm³/mol. The number of hydrogen-bond acceptors (Lipinski definition) is 0. The highest BCUT2D eigenvalue weighted by Crippen LogP contribution is 1.74. The minimum Gasteiger partial charge on any atom is -2.00 e. The maximum absolute atomic E-state index is 2.12. The van der Waals surface area contributed by atoms with E-state index in [-0.39, 0.29) is 13.5 Å². The molecule has 0 aliphatic carbocycles. The van der Waals surface area contributed by atoms with Gasteiger partial charge in [-0.3, -0.25) is 0 Å². The van der Waals surface area contributed by atoms with Crippen molar-refractivity contribution in [1.82, 2.24) is 0 Å². The molecule has 0 saturated carbocycles. The molecule has 0 aromatic carbocycles. The fourth-order valence-corrected chi connectivity index (χ4v) is 0. The van der Waals surface area contributed by atoms with E-state index in [1.807, 2.05) is 0 Å². The second-order valence-electron chi connectivity index (χ2n) is 5.37. The molecule has 0 unspecified atom stereocenters. The van der Waals surface area contributed by atoms with Crippen LogP contribution in [0.3, 0.4) is 0 Å². The number of hydrogen-bond donors (Lipinski definition) is 0. The van der Waals surface area contributed by atoms with E-state index in [9.17, 15) is 0 Å². The zero-order chi connectivity index (χ0) is 9.00. The largest absolute Gasteiger partial charge is 2.00 e. The fraction of sp³-hybridized carbons (Fsp3) is 1.00. The minimum atomic E-state index is 0. The Morgan fingerprint density at radius 1 is 0.455 bits per heavy atom. The third-order valence-corrected chi connectivity index (χ3v) is 0. The summed E-state index contributed by atoms with van der Waals surface area (Å²) >= 11 is 0. The Labute approximate surface area is 79.4 Å². The smallest absolute Gasteiger partial charge is 0.0675 e. The van der Waals surface area contributed by atoms with E-state index in [4.69, 9.17) is 0 Å². The highest BCUT2D eigenvalue weighted by Gasteiger charge is 1.88. The van der Waals surface area contributed by atoms with Crippen molar-refractivity contribution in [3.8, 4) is 0 Å². The molecule has 72 valence electrons. The average molecular weight is 180 g/mol. The number of rotatable bonds is 0. The topological polar surface area (TPSA) is 0 Å². The summed E-state index contributed by atoms with van der Waals surface area (Å²) in [6.45, 7) is 0. The van der Waals surface area contributed by atoms with Crippen LogP contribution in [0.4, 0.5) is 0 Å². The molecule has 0 heterocycles. The maximum atomic E-state index is 2.12. The molecule has 0 amide bonds. The van der Waals surface area contributed by atoms with Gasteiger partial charge in [-0.05, 0) is 0 Å². The third-order valence-electron chi connectivity index (χ3n) is 0. The van der Waals surface area contributed by atoms with Gasteiger partial charge in [0.2, 0.25) is 0 Å². The van der Waals surface area contributed by atoms with Gasteiger partial charge >= 0.3 is 0 Å². The monoisotopic (exact) mass is 180 g/mol. The highest BCUT2D eigenvalue weighted by atomic mass is 32.1. The Balaban J connectivity index is -0.000000107. The zero-order valence-electron chi connectivity index (χ0n) is 9.30. The van der Waals surface area contributed by atoms with Gasteiger partial charge in [0.05, 0.1) is 56.4 Å². The second-order valence-corrected chi connectivity index (χ2v) is 5.37.